The first-order valence-electron chi connectivity index (χ1n) is 7.24. The molecule has 0 saturated carbocycles. The van der Waals surface area contributed by atoms with Gasteiger partial charge in [0.15, 0.2) is 15.0 Å². The van der Waals surface area contributed by atoms with Crippen molar-refractivity contribution in [1.29, 1.82) is 0 Å². The summed E-state index contributed by atoms with van der Waals surface area (Å²) in [6, 6.07) is 7.45. The van der Waals surface area contributed by atoms with Gasteiger partial charge in [0.2, 0.25) is 5.91 Å². The molecule has 2 aliphatic heterocycles. The molecule has 2 heterocycles. The van der Waals surface area contributed by atoms with Crippen molar-refractivity contribution in [3.8, 4) is 5.75 Å². The van der Waals surface area contributed by atoms with Crippen LogP contribution in [0, 0.1) is 0 Å². The number of thioether (sulfide) groups is 1. The molecule has 1 aromatic rings. The second-order valence-corrected chi connectivity index (χ2v) is 9.01. The molecule has 3 rings (SSSR count). The third kappa shape index (κ3) is 3.37. The molecule has 0 aromatic heterocycles. The van der Waals surface area contributed by atoms with Gasteiger partial charge in [0, 0.05) is 24.3 Å². The predicted molar refractivity (Wildman–Crippen MR) is 90.5 cm³/mol. The molecule has 6 nitrogen and oxygen atoms in total. The van der Waals surface area contributed by atoms with Gasteiger partial charge in [0.25, 0.3) is 0 Å². The summed E-state index contributed by atoms with van der Waals surface area (Å²) in [7, 11) is -1.43. The van der Waals surface area contributed by atoms with Gasteiger partial charge in [-0.1, -0.05) is 30.0 Å². The molecule has 2 saturated heterocycles. The molecule has 0 N–H and O–H groups in total. The Labute approximate surface area is 139 Å². The van der Waals surface area contributed by atoms with Crippen LogP contribution in [0.2, 0.25) is 0 Å². The van der Waals surface area contributed by atoms with Crippen molar-refractivity contribution >= 4 is 32.7 Å². The van der Waals surface area contributed by atoms with E-state index in [0.717, 1.165) is 11.3 Å². The van der Waals surface area contributed by atoms with E-state index in [1.807, 2.05) is 29.2 Å². The summed E-state index contributed by atoms with van der Waals surface area (Å²) < 4.78 is 29.2. The number of amidine groups is 1. The number of ether oxygens (including phenoxy) is 1. The van der Waals surface area contributed by atoms with E-state index in [4.69, 9.17) is 4.74 Å². The van der Waals surface area contributed by atoms with Crippen LogP contribution in [0.4, 0.5) is 0 Å². The van der Waals surface area contributed by atoms with Gasteiger partial charge in [-0.3, -0.25) is 4.79 Å². The zero-order chi connectivity index (χ0) is 16.6. The standard InChI is InChI=1S/C15H18N2O4S2/c1-10(18)16-15-17(7-11-5-3-4-6-13(11)21-2)12-8-23(19,20)9-14(12)22-15/h3-6,12,14H,7-9H2,1-2H3/t12-,14+/m0/s1. The van der Waals surface area contributed by atoms with Crippen molar-refractivity contribution in [2.75, 3.05) is 18.6 Å². The fourth-order valence-corrected chi connectivity index (χ4v) is 6.97. The second-order valence-electron chi connectivity index (χ2n) is 5.65. The zero-order valence-electron chi connectivity index (χ0n) is 12.9. The Bertz CT molecular complexity index is 760. The Morgan fingerprint density at radius 2 is 2.13 bits per heavy atom. The summed E-state index contributed by atoms with van der Waals surface area (Å²) >= 11 is 1.39. The fraction of sp³-hybridized carbons (Fsp3) is 0.467. The average molecular weight is 354 g/mol. The molecule has 124 valence electrons. The molecule has 0 aliphatic carbocycles. The van der Waals surface area contributed by atoms with E-state index in [1.165, 1.54) is 18.7 Å². The van der Waals surface area contributed by atoms with E-state index in [0.29, 0.717) is 11.7 Å². The number of hydrogen-bond donors (Lipinski definition) is 0. The molecule has 2 fully saturated rings. The number of amides is 1. The monoisotopic (exact) mass is 354 g/mol. The van der Waals surface area contributed by atoms with Crippen molar-refractivity contribution in [2.45, 2.75) is 24.8 Å². The number of carbonyl (C=O) groups excluding carboxylic acids is 1. The molecule has 1 aromatic carbocycles. The topological polar surface area (TPSA) is 76.0 Å². The largest absolute Gasteiger partial charge is 0.496 e. The number of methoxy groups -OCH3 is 1. The predicted octanol–water partition coefficient (Wildman–Crippen LogP) is 1.31. The number of aliphatic imine (C=N–C) groups is 1. The van der Waals surface area contributed by atoms with Gasteiger partial charge in [0.05, 0.1) is 24.7 Å². The first-order valence-corrected chi connectivity index (χ1v) is 9.94. The maximum Gasteiger partial charge on any atom is 0.244 e. The third-order valence-electron chi connectivity index (χ3n) is 3.96. The Balaban J connectivity index is 1.93. The molecule has 2 atom stereocenters. The number of rotatable bonds is 3. The summed E-state index contributed by atoms with van der Waals surface area (Å²) in [6.07, 6.45) is 0. The van der Waals surface area contributed by atoms with E-state index in [9.17, 15) is 13.2 Å². The van der Waals surface area contributed by atoms with E-state index in [1.54, 1.807) is 7.11 Å². The highest BCUT2D eigenvalue weighted by molar-refractivity contribution is 8.15. The van der Waals surface area contributed by atoms with E-state index >= 15 is 0 Å². The zero-order valence-corrected chi connectivity index (χ0v) is 14.6. The molecule has 1 amide bonds. The number of carbonyl (C=O) groups is 1. The van der Waals surface area contributed by atoms with Crippen LogP contribution in [-0.4, -0.2) is 54.3 Å². The van der Waals surface area contributed by atoms with Crippen molar-refractivity contribution in [1.82, 2.24) is 4.90 Å². The van der Waals surface area contributed by atoms with Gasteiger partial charge >= 0.3 is 0 Å². The highest BCUT2D eigenvalue weighted by Gasteiger charge is 2.48. The van der Waals surface area contributed by atoms with Crippen molar-refractivity contribution < 1.29 is 17.9 Å². The summed E-state index contributed by atoms with van der Waals surface area (Å²) in [5.41, 5.74) is 0.941. The summed E-state index contributed by atoms with van der Waals surface area (Å²) in [5.74, 6) is 0.711. The molecule has 0 bridgehead atoms. The number of sulfone groups is 1. The Morgan fingerprint density at radius 1 is 1.39 bits per heavy atom. The minimum Gasteiger partial charge on any atom is -0.496 e. The lowest BCUT2D eigenvalue weighted by molar-refractivity contribution is -0.115. The fourth-order valence-electron chi connectivity index (χ4n) is 2.97. The Kier molecular flexibility index (Phi) is 4.37. The molecule has 0 unspecified atom stereocenters. The van der Waals surface area contributed by atoms with Gasteiger partial charge in [-0.25, -0.2) is 8.42 Å². The van der Waals surface area contributed by atoms with E-state index in [-0.39, 0.29) is 28.7 Å². The molecule has 23 heavy (non-hydrogen) atoms. The molecule has 0 radical (unpaired) electrons. The second kappa shape index (κ2) is 6.16. The van der Waals surface area contributed by atoms with Gasteiger partial charge in [0.1, 0.15) is 5.75 Å². The summed E-state index contributed by atoms with van der Waals surface area (Å²) in [4.78, 5) is 17.4. The van der Waals surface area contributed by atoms with Crippen molar-refractivity contribution in [2.24, 2.45) is 4.99 Å². The first kappa shape index (κ1) is 16.3. The lowest BCUT2D eigenvalue weighted by Gasteiger charge is -2.25. The SMILES string of the molecule is COc1ccccc1CN1C(=NC(C)=O)S[C@@H]2CS(=O)(=O)C[C@@H]21. The lowest BCUT2D eigenvalue weighted by atomic mass is 10.1. The number of nitrogens with zero attached hydrogens (tertiary/aromatic N) is 2. The number of para-hydroxylation sites is 1. The molecular formula is C15H18N2O4S2. The highest BCUT2D eigenvalue weighted by Crippen LogP contribution is 2.39. The minimum absolute atomic E-state index is 0.0622. The third-order valence-corrected chi connectivity index (χ3v) is 7.21. The summed E-state index contributed by atoms with van der Waals surface area (Å²) in [6.45, 7) is 1.87. The molecular weight excluding hydrogens is 336 g/mol. The Morgan fingerprint density at radius 3 is 2.83 bits per heavy atom. The van der Waals surface area contributed by atoms with Crippen LogP contribution in [0.25, 0.3) is 0 Å². The van der Waals surface area contributed by atoms with E-state index < -0.39 is 9.84 Å². The normalized spacial score (nSPS) is 27.2. The van der Waals surface area contributed by atoms with Crippen molar-refractivity contribution in [3.05, 3.63) is 29.8 Å². The van der Waals surface area contributed by atoms with Crippen LogP contribution in [-0.2, 0) is 21.2 Å². The molecule has 2 aliphatic rings. The van der Waals surface area contributed by atoms with Crippen LogP contribution in [0.3, 0.4) is 0 Å². The lowest BCUT2D eigenvalue weighted by Crippen LogP contribution is -2.37. The van der Waals surface area contributed by atoms with E-state index in [2.05, 4.69) is 4.99 Å². The molecule has 8 heteroatoms. The van der Waals surface area contributed by atoms with Gasteiger partial charge in [-0.15, -0.1) is 0 Å². The number of hydrogen-bond acceptors (Lipinski definition) is 5. The van der Waals surface area contributed by atoms with Crippen LogP contribution in [0.5, 0.6) is 5.75 Å². The van der Waals surface area contributed by atoms with Gasteiger partial charge < -0.3 is 9.64 Å². The molecule has 0 spiro atoms. The maximum absolute atomic E-state index is 11.9. The van der Waals surface area contributed by atoms with Crippen molar-refractivity contribution in [3.63, 3.8) is 0 Å². The van der Waals surface area contributed by atoms with Gasteiger partial charge in [-0.2, -0.15) is 4.99 Å². The number of fused-ring (bicyclic) bond motifs is 1. The Hall–Kier alpha value is -1.54. The maximum atomic E-state index is 11.9. The van der Waals surface area contributed by atoms with Crippen LogP contribution >= 0.6 is 11.8 Å². The average Bonchev–Trinajstić information content (AvgIpc) is 2.92. The van der Waals surface area contributed by atoms with Crippen LogP contribution in [0.15, 0.2) is 29.3 Å². The highest BCUT2D eigenvalue weighted by atomic mass is 32.2. The quantitative estimate of drug-likeness (QED) is 0.815. The van der Waals surface area contributed by atoms with Crippen LogP contribution < -0.4 is 4.74 Å². The van der Waals surface area contributed by atoms with Crippen LogP contribution in [0.1, 0.15) is 12.5 Å². The smallest absolute Gasteiger partial charge is 0.244 e. The number of benzene rings is 1. The first-order chi connectivity index (χ1) is 10.9. The minimum atomic E-state index is -3.03. The van der Waals surface area contributed by atoms with Gasteiger partial charge in [-0.05, 0) is 6.07 Å². The summed E-state index contributed by atoms with van der Waals surface area (Å²) in [5, 5.41) is 0.543.